The van der Waals surface area contributed by atoms with Crippen LogP contribution in [-0.4, -0.2) is 60.4 Å². The first kappa shape index (κ1) is 38.7. The van der Waals surface area contributed by atoms with Gasteiger partial charge < -0.3 is 24.8 Å². The van der Waals surface area contributed by atoms with E-state index in [0.29, 0.717) is 78.7 Å². The quantitative estimate of drug-likeness (QED) is 0.135. The largest absolute Gasteiger partial charge is 0.416 e. The number of alkyl halides is 6. The molecule has 8 nitrogen and oxygen atoms in total. The minimum absolute atomic E-state index is 0.208. The number of carbonyl (C=O) groups excluding carboxylic acids is 2. The van der Waals surface area contributed by atoms with Crippen molar-refractivity contribution in [2.45, 2.75) is 37.2 Å². The highest BCUT2D eigenvalue weighted by atomic mass is 19.4. The molecule has 0 radical (unpaired) electrons. The van der Waals surface area contributed by atoms with Crippen LogP contribution < -0.4 is 15.5 Å². The molecule has 0 bridgehead atoms. The van der Waals surface area contributed by atoms with Crippen LogP contribution in [0.5, 0.6) is 0 Å². The average Bonchev–Trinajstić information content (AvgIpc) is 3.73. The van der Waals surface area contributed by atoms with Crippen LogP contribution in [0.15, 0.2) is 115 Å². The van der Waals surface area contributed by atoms with E-state index in [1.807, 2.05) is 47.0 Å². The molecular weight excluding hydrogens is 761 g/mol. The molecule has 5 aromatic carbocycles. The van der Waals surface area contributed by atoms with Crippen molar-refractivity contribution in [3.05, 3.63) is 138 Å². The van der Waals surface area contributed by atoms with Crippen molar-refractivity contribution in [2.24, 2.45) is 0 Å². The van der Waals surface area contributed by atoms with Crippen molar-refractivity contribution in [3.8, 4) is 22.3 Å². The van der Waals surface area contributed by atoms with Crippen molar-refractivity contribution in [2.75, 3.05) is 43.1 Å². The Hall–Kier alpha value is -6.15. The number of aromatic nitrogens is 2. The Kier molecular flexibility index (Phi) is 10.2. The lowest BCUT2D eigenvalue weighted by molar-refractivity contribution is -0.141. The number of imidazole rings is 1. The molecule has 2 aliphatic rings. The Bertz CT molecular complexity index is 2440. The molecule has 0 spiro atoms. The van der Waals surface area contributed by atoms with Gasteiger partial charge in [-0.1, -0.05) is 78.9 Å². The summed E-state index contributed by atoms with van der Waals surface area (Å²) in [7, 11) is 0. The highest BCUT2D eigenvalue weighted by Crippen LogP contribution is 2.51. The molecule has 2 amide bonds. The number of carbonyl (C=O) groups is 2. The normalized spacial score (nSPS) is 14.9. The van der Waals surface area contributed by atoms with Crippen LogP contribution in [0.4, 0.5) is 38.0 Å². The summed E-state index contributed by atoms with van der Waals surface area (Å²) in [5.41, 5.74) is 3.69. The zero-order chi connectivity index (χ0) is 40.7. The molecular formula is C44H37F6N5O3. The second kappa shape index (κ2) is 15.3. The van der Waals surface area contributed by atoms with Crippen LogP contribution in [0, 0.1) is 0 Å². The van der Waals surface area contributed by atoms with Gasteiger partial charge in [-0.25, -0.2) is 4.98 Å². The van der Waals surface area contributed by atoms with Crippen molar-refractivity contribution < 1.29 is 40.7 Å². The first-order valence-corrected chi connectivity index (χ1v) is 18.8. The monoisotopic (exact) mass is 797 g/mol. The maximum Gasteiger partial charge on any atom is 0.416 e. The van der Waals surface area contributed by atoms with Crippen LogP contribution >= 0.6 is 0 Å². The summed E-state index contributed by atoms with van der Waals surface area (Å²) in [6.45, 7) is 1.02. The second-order valence-electron chi connectivity index (χ2n) is 14.3. The van der Waals surface area contributed by atoms with E-state index < -0.39 is 41.7 Å². The van der Waals surface area contributed by atoms with E-state index in [0.717, 1.165) is 28.8 Å². The molecule has 1 aliphatic carbocycles. The highest BCUT2D eigenvalue weighted by Gasteiger charge is 2.49. The molecule has 1 fully saturated rings. The van der Waals surface area contributed by atoms with Gasteiger partial charge in [0.05, 0.1) is 29.8 Å². The van der Waals surface area contributed by atoms with E-state index in [2.05, 4.69) is 15.5 Å². The number of hydrogen-bond acceptors (Lipinski definition) is 5. The van der Waals surface area contributed by atoms with Gasteiger partial charge >= 0.3 is 12.4 Å². The molecule has 1 aliphatic heterocycles. The number of hydrogen-bond donors (Lipinski definition) is 2. The molecule has 1 aromatic heterocycles. The molecule has 8 rings (SSSR count). The van der Waals surface area contributed by atoms with Gasteiger partial charge in [0.1, 0.15) is 12.0 Å². The zero-order valence-corrected chi connectivity index (χ0v) is 31.0. The van der Waals surface area contributed by atoms with E-state index in [-0.39, 0.29) is 12.0 Å². The van der Waals surface area contributed by atoms with Gasteiger partial charge in [0.15, 0.2) is 0 Å². The Morgan fingerprint density at radius 2 is 1.38 bits per heavy atom. The number of benzene rings is 5. The molecule has 14 heteroatoms. The lowest BCUT2D eigenvalue weighted by Gasteiger charge is -2.32. The SMILES string of the molecule is O=C(Nc1ccc2c(c1)nc(N1CCOCC1)n2CCCC1(C(=O)NCC(F)(F)F)c2ccccc2-c2ccccc21)c1ccccc1-c1ccc(C(F)(F)F)cc1. The molecule has 6 aromatic rings. The van der Waals surface area contributed by atoms with E-state index in [1.54, 1.807) is 48.5 Å². The minimum atomic E-state index is -4.59. The predicted molar refractivity (Wildman–Crippen MR) is 209 cm³/mol. The maximum absolute atomic E-state index is 14.1. The first-order valence-electron chi connectivity index (χ1n) is 18.8. The Labute approximate surface area is 329 Å². The van der Waals surface area contributed by atoms with Crippen LogP contribution in [-0.2, 0) is 27.7 Å². The smallest absolute Gasteiger partial charge is 0.378 e. The van der Waals surface area contributed by atoms with Crippen molar-refractivity contribution in [1.29, 1.82) is 0 Å². The molecule has 0 unspecified atom stereocenters. The van der Waals surface area contributed by atoms with Gasteiger partial charge in [0, 0.05) is 30.9 Å². The van der Waals surface area contributed by atoms with Crippen LogP contribution in [0.2, 0.25) is 0 Å². The minimum Gasteiger partial charge on any atom is -0.378 e. The van der Waals surface area contributed by atoms with Crippen molar-refractivity contribution in [3.63, 3.8) is 0 Å². The summed E-state index contributed by atoms with van der Waals surface area (Å²) >= 11 is 0. The van der Waals surface area contributed by atoms with Gasteiger partial charge in [-0.3, -0.25) is 9.59 Å². The van der Waals surface area contributed by atoms with Gasteiger partial charge in [0.25, 0.3) is 5.91 Å². The van der Waals surface area contributed by atoms with E-state index in [9.17, 15) is 35.9 Å². The molecule has 298 valence electrons. The van der Waals surface area contributed by atoms with Crippen molar-refractivity contribution in [1.82, 2.24) is 14.9 Å². The van der Waals surface area contributed by atoms with Crippen LogP contribution in [0.1, 0.15) is 39.9 Å². The topological polar surface area (TPSA) is 88.5 Å². The number of amides is 2. The van der Waals surface area contributed by atoms with E-state index in [4.69, 9.17) is 9.72 Å². The average molecular weight is 798 g/mol. The lowest BCUT2D eigenvalue weighted by atomic mass is 9.73. The summed E-state index contributed by atoms with van der Waals surface area (Å²) in [4.78, 5) is 34.9. The third-order valence-electron chi connectivity index (χ3n) is 10.8. The molecule has 2 heterocycles. The van der Waals surface area contributed by atoms with Crippen LogP contribution in [0.3, 0.4) is 0 Å². The number of rotatable bonds is 10. The number of ether oxygens (including phenoxy) is 1. The zero-order valence-electron chi connectivity index (χ0n) is 31.0. The van der Waals surface area contributed by atoms with Crippen molar-refractivity contribution >= 4 is 34.5 Å². The summed E-state index contributed by atoms with van der Waals surface area (Å²) in [6.07, 6.45) is -8.48. The van der Waals surface area contributed by atoms with Gasteiger partial charge in [-0.05, 0) is 82.6 Å². The number of anilines is 2. The fourth-order valence-corrected chi connectivity index (χ4v) is 8.18. The molecule has 58 heavy (non-hydrogen) atoms. The third-order valence-corrected chi connectivity index (χ3v) is 10.8. The summed E-state index contributed by atoms with van der Waals surface area (Å²) in [5.74, 6) is -0.530. The lowest BCUT2D eigenvalue weighted by Crippen LogP contribution is -2.47. The molecule has 0 saturated carbocycles. The number of morpholine rings is 1. The standard InChI is InChI=1S/C44H37F6N5O3/c45-43(46,47)27-51-40(57)42(35-12-5-3-9-32(35)33-10-4-6-13-36(33)42)20-7-21-55-38-19-18-30(26-37(38)53-41(55)54-22-24-58-25-23-54)52-39(56)34-11-2-1-8-31(34)28-14-16-29(17-15-28)44(48,49)50/h1-6,8-19,26H,7,20-25,27H2,(H,51,57)(H,52,56). The maximum atomic E-state index is 14.1. The highest BCUT2D eigenvalue weighted by molar-refractivity contribution is 6.09. The first-order chi connectivity index (χ1) is 27.8. The van der Waals surface area contributed by atoms with E-state index >= 15 is 0 Å². The number of fused-ring (bicyclic) bond motifs is 4. The van der Waals surface area contributed by atoms with Gasteiger partial charge in [0.2, 0.25) is 11.9 Å². The summed E-state index contributed by atoms with van der Waals surface area (Å²) in [5, 5.41) is 5.11. The Balaban J connectivity index is 1.09. The fraction of sp³-hybridized carbons (Fsp3) is 0.250. The number of nitrogens with one attached hydrogen (secondary N) is 2. The Morgan fingerprint density at radius 3 is 2.02 bits per heavy atom. The number of aryl methyl sites for hydroxylation is 1. The van der Waals surface area contributed by atoms with Gasteiger partial charge in [-0.2, -0.15) is 26.3 Å². The predicted octanol–water partition coefficient (Wildman–Crippen LogP) is 9.24. The van der Waals surface area contributed by atoms with E-state index in [1.165, 1.54) is 12.1 Å². The van der Waals surface area contributed by atoms with Gasteiger partial charge in [-0.15, -0.1) is 0 Å². The summed E-state index contributed by atoms with van der Waals surface area (Å²) < 4.78 is 87.6. The Morgan fingerprint density at radius 1 is 0.759 bits per heavy atom. The molecule has 0 atom stereocenters. The molecule has 2 N–H and O–H groups in total. The molecule has 1 saturated heterocycles. The second-order valence-corrected chi connectivity index (χ2v) is 14.3. The fourth-order valence-electron chi connectivity index (χ4n) is 8.18. The third kappa shape index (κ3) is 7.39. The summed E-state index contributed by atoms with van der Waals surface area (Å²) in [6, 6.07) is 31.3. The number of nitrogens with zero attached hydrogens (tertiary/aromatic N) is 3. The number of halogens is 6. The van der Waals surface area contributed by atoms with Crippen LogP contribution in [0.25, 0.3) is 33.3 Å².